The Bertz CT molecular complexity index is 638. The first kappa shape index (κ1) is 17.6. The quantitative estimate of drug-likeness (QED) is 0.721. The first-order valence-corrected chi connectivity index (χ1v) is 8.23. The van der Waals surface area contributed by atoms with Gasteiger partial charge in [0, 0.05) is 6.42 Å². The van der Waals surface area contributed by atoms with Gasteiger partial charge in [0.05, 0.1) is 10.0 Å². The van der Waals surface area contributed by atoms with Crippen molar-refractivity contribution in [2.24, 2.45) is 0 Å². The molecule has 3 N–H and O–H groups in total. The fourth-order valence-corrected chi connectivity index (χ4v) is 3.05. The predicted octanol–water partition coefficient (Wildman–Crippen LogP) is 2.97. The predicted molar refractivity (Wildman–Crippen MR) is 89.0 cm³/mol. The van der Waals surface area contributed by atoms with Crippen LogP contribution in [0.3, 0.4) is 0 Å². The number of rotatable bonds is 3. The molecule has 126 valence electrons. The van der Waals surface area contributed by atoms with E-state index in [1.165, 1.54) is 0 Å². The lowest BCUT2D eigenvalue weighted by Gasteiger charge is -2.23. The summed E-state index contributed by atoms with van der Waals surface area (Å²) in [6.45, 7) is 5.28. The monoisotopic (exact) mass is 359 g/mol. The van der Waals surface area contributed by atoms with Crippen molar-refractivity contribution in [3.8, 4) is 0 Å². The second kappa shape index (κ2) is 6.76. The van der Waals surface area contributed by atoms with Crippen LogP contribution in [0, 0.1) is 0 Å². The molecular formula is C14H18ClN3O4S. The zero-order valence-electron chi connectivity index (χ0n) is 13.0. The van der Waals surface area contributed by atoms with E-state index >= 15 is 0 Å². The third kappa shape index (κ3) is 5.11. The topological polar surface area (TPSA) is 96.5 Å². The minimum atomic E-state index is -0.623. The normalized spacial score (nSPS) is 18.3. The van der Waals surface area contributed by atoms with Crippen LogP contribution in [0.15, 0.2) is 6.07 Å². The zero-order chi connectivity index (χ0) is 17.2. The molecule has 0 bridgehead atoms. The number of carbonyl (C=O) groups is 3. The average Bonchev–Trinajstić information content (AvgIpc) is 2.70. The molecule has 1 aromatic rings. The molecule has 7 nitrogen and oxygen atoms in total. The molecule has 3 amide bonds. The summed E-state index contributed by atoms with van der Waals surface area (Å²) in [5, 5.41) is 8.33. The Kier molecular flexibility index (Phi) is 5.16. The number of amides is 3. The molecule has 0 aromatic carbocycles. The van der Waals surface area contributed by atoms with Gasteiger partial charge < -0.3 is 10.1 Å². The molecule has 23 heavy (non-hydrogen) atoms. The van der Waals surface area contributed by atoms with Gasteiger partial charge in [0.25, 0.3) is 0 Å². The van der Waals surface area contributed by atoms with Gasteiger partial charge in [-0.05, 0) is 33.3 Å². The number of carbonyl (C=O) groups excluding carboxylic acids is 3. The maximum Gasteiger partial charge on any atom is 0.412 e. The van der Waals surface area contributed by atoms with Gasteiger partial charge in [0.2, 0.25) is 11.8 Å². The molecule has 1 aliphatic heterocycles. The van der Waals surface area contributed by atoms with Gasteiger partial charge in [-0.25, -0.2) is 4.79 Å². The van der Waals surface area contributed by atoms with E-state index in [1.807, 2.05) is 0 Å². The van der Waals surface area contributed by atoms with Crippen molar-refractivity contribution in [2.45, 2.75) is 45.3 Å². The molecular weight excluding hydrogens is 342 g/mol. The summed E-state index contributed by atoms with van der Waals surface area (Å²) in [5.41, 5.74) is -0.108. The Morgan fingerprint density at radius 1 is 1.43 bits per heavy atom. The van der Waals surface area contributed by atoms with Crippen LogP contribution in [-0.4, -0.2) is 29.6 Å². The Morgan fingerprint density at radius 3 is 2.74 bits per heavy atom. The number of imide groups is 1. The van der Waals surface area contributed by atoms with Gasteiger partial charge >= 0.3 is 6.09 Å². The molecule has 2 heterocycles. The standard InChI is InChI=1S/C14H18ClN3O4S/c1-14(2,3)22-13(21)18-12-8(6-9(15)23-12)16-7-4-5-10(19)17-11(7)20/h6-7,16H,4-5H2,1-3H3,(H,18,21)(H,17,19,20). The highest BCUT2D eigenvalue weighted by Crippen LogP contribution is 2.37. The summed E-state index contributed by atoms with van der Waals surface area (Å²) in [6.07, 6.45) is 0.0301. The van der Waals surface area contributed by atoms with Crippen molar-refractivity contribution in [3.05, 3.63) is 10.4 Å². The van der Waals surface area contributed by atoms with E-state index in [-0.39, 0.29) is 12.3 Å². The van der Waals surface area contributed by atoms with Gasteiger partial charge in [-0.1, -0.05) is 11.6 Å². The van der Waals surface area contributed by atoms with Crippen molar-refractivity contribution in [1.82, 2.24) is 5.32 Å². The summed E-state index contributed by atoms with van der Waals surface area (Å²) in [6, 6.07) is 1.06. The van der Waals surface area contributed by atoms with Crippen molar-refractivity contribution in [3.63, 3.8) is 0 Å². The van der Waals surface area contributed by atoms with E-state index in [0.29, 0.717) is 21.4 Å². The highest BCUT2D eigenvalue weighted by atomic mass is 35.5. The zero-order valence-corrected chi connectivity index (χ0v) is 14.6. The Labute approximate surface area is 142 Å². The van der Waals surface area contributed by atoms with Crippen LogP contribution in [0.4, 0.5) is 15.5 Å². The van der Waals surface area contributed by atoms with Crippen molar-refractivity contribution >= 4 is 51.5 Å². The van der Waals surface area contributed by atoms with E-state index in [2.05, 4.69) is 16.0 Å². The number of halogens is 1. The van der Waals surface area contributed by atoms with Crippen LogP contribution >= 0.6 is 22.9 Å². The molecule has 1 atom stereocenters. The molecule has 0 spiro atoms. The molecule has 2 rings (SSSR count). The molecule has 1 aliphatic rings. The smallest absolute Gasteiger partial charge is 0.412 e. The maximum atomic E-state index is 11.9. The molecule has 9 heteroatoms. The minimum absolute atomic E-state index is 0.260. The van der Waals surface area contributed by atoms with E-state index in [9.17, 15) is 14.4 Å². The molecule has 0 radical (unpaired) electrons. The van der Waals surface area contributed by atoms with Gasteiger partial charge in [0.15, 0.2) is 0 Å². The van der Waals surface area contributed by atoms with Gasteiger partial charge in [-0.15, -0.1) is 11.3 Å². The molecule has 1 aromatic heterocycles. The fraction of sp³-hybridized carbons (Fsp3) is 0.500. The number of hydrogen-bond acceptors (Lipinski definition) is 6. The summed E-state index contributed by atoms with van der Waals surface area (Å²) < 4.78 is 5.64. The van der Waals surface area contributed by atoms with Gasteiger partial charge in [-0.2, -0.15) is 0 Å². The van der Waals surface area contributed by atoms with Crippen LogP contribution in [0.2, 0.25) is 4.34 Å². The van der Waals surface area contributed by atoms with E-state index in [1.54, 1.807) is 26.8 Å². The van der Waals surface area contributed by atoms with Gasteiger partial charge in [-0.3, -0.25) is 20.2 Å². The Morgan fingerprint density at radius 2 is 2.13 bits per heavy atom. The van der Waals surface area contributed by atoms with Crippen molar-refractivity contribution < 1.29 is 19.1 Å². The summed E-state index contributed by atoms with van der Waals surface area (Å²) >= 11 is 7.14. The van der Waals surface area contributed by atoms with Crippen LogP contribution in [-0.2, 0) is 14.3 Å². The number of anilines is 2. The van der Waals surface area contributed by atoms with Crippen molar-refractivity contribution in [2.75, 3.05) is 10.6 Å². The molecule has 1 unspecified atom stereocenters. The number of thiophene rings is 1. The lowest BCUT2D eigenvalue weighted by atomic mass is 10.1. The third-order valence-electron chi connectivity index (χ3n) is 2.89. The lowest BCUT2D eigenvalue weighted by Crippen LogP contribution is -2.47. The first-order chi connectivity index (χ1) is 10.6. The van der Waals surface area contributed by atoms with E-state index in [0.717, 1.165) is 11.3 Å². The second-order valence-corrected chi connectivity index (χ2v) is 7.75. The largest absolute Gasteiger partial charge is 0.444 e. The SMILES string of the molecule is CC(C)(C)OC(=O)Nc1sc(Cl)cc1NC1CCC(=O)NC1=O. The average molecular weight is 360 g/mol. The molecule has 0 aliphatic carbocycles. The van der Waals surface area contributed by atoms with Gasteiger partial charge in [0.1, 0.15) is 16.6 Å². The van der Waals surface area contributed by atoms with E-state index in [4.69, 9.17) is 16.3 Å². The molecule has 1 fully saturated rings. The Hall–Kier alpha value is -1.80. The summed E-state index contributed by atoms with van der Waals surface area (Å²) in [7, 11) is 0. The molecule has 0 saturated carbocycles. The highest BCUT2D eigenvalue weighted by Gasteiger charge is 2.28. The van der Waals surface area contributed by atoms with Crippen LogP contribution in [0.25, 0.3) is 0 Å². The highest BCUT2D eigenvalue weighted by molar-refractivity contribution is 7.20. The number of ether oxygens (including phenoxy) is 1. The third-order valence-corrected chi connectivity index (χ3v) is 4.06. The summed E-state index contributed by atoms with van der Waals surface area (Å²) in [4.78, 5) is 34.8. The minimum Gasteiger partial charge on any atom is -0.444 e. The second-order valence-electron chi connectivity index (χ2n) is 6.07. The van der Waals surface area contributed by atoms with Crippen LogP contribution in [0.5, 0.6) is 0 Å². The van der Waals surface area contributed by atoms with E-state index < -0.39 is 23.6 Å². The first-order valence-electron chi connectivity index (χ1n) is 7.03. The summed E-state index contributed by atoms with van der Waals surface area (Å²) in [5.74, 6) is -0.685. The maximum absolute atomic E-state index is 11.9. The van der Waals surface area contributed by atoms with Crippen LogP contribution < -0.4 is 16.0 Å². The number of hydrogen-bond donors (Lipinski definition) is 3. The fourth-order valence-electron chi connectivity index (χ4n) is 1.98. The lowest BCUT2D eigenvalue weighted by molar-refractivity contribution is -0.133. The number of piperidine rings is 1. The Balaban J connectivity index is 2.07. The molecule has 1 saturated heterocycles. The number of nitrogens with one attached hydrogen (secondary N) is 3. The van der Waals surface area contributed by atoms with Crippen molar-refractivity contribution in [1.29, 1.82) is 0 Å². The van der Waals surface area contributed by atoms with Crippen LogP contribution in [0.1, 0.15) is 33.6 Å².